The molecule has 0 N–H and O–H groups in total. The van der Waals surface area contributed by atoms with Gasteiger partial charge in [-0.1, -0.05) is 12.1 Å². The molecular weight excluding hydrogens is 202 g/mol. The first-order valence-corrected chi connectivity index (χ1v) is 4.46. The fourth-order valence-corrected chi connectivity index (χ4v) is 0.966. The lowest BCUT2D eigenvalue weighted by molar-refractivity contribution is 0.233. The number of benzene rings is 1. The van der Waals surface area contributed by atoms with Crippen molar-refractivity contribution in [2.75, 3.05) is 20.3 Å². The Bertz CT molecular complexity index is 337. The van der Waals surface area contributed by atoms with Crippen LogP contribution in [0.25, 0.3) is 0 Å². The second-order valence-electron chi connectivity index (χ2n) is 2.79. The zero-order valence-corrected chi connectivity index (χ0v) is 8.37. The Morgan fingerprint density at radius 3 is 2.67 bits per heavy atom. The first kappa shape index (κ1) is 11.7. The molecule has 4 heteroatoms. The number of hydrogen-bond donors (Lipinski definition) is 0. The molecule has 82 valence electrons. The predicted molar refractivity (Wildman–Crippen MR) is 52.9 cm³/mol. The summed E-state index contributed by atoms with van der Waals surface area (Å²) in [4.78, 5) is 0. The maximum absolute atomic E-state index is 13.0. The SMILES string of the molecule is COCC=CCOc1cccc(F)c1F. The summed E-state index contributed by atoms with van der Waals surface area (Å²) in [5.41, 5.74) is 0. The van der Waals surface area contributed by atoms with Crippen molar-refractivity contribution in [1.82, 2.24) is 0 Å². The van der Waals surface area contributed by atoms with Gasteiger partial charge in [-0.2, -0.15) is 4.39 Å². The molecule has 1 rings (SSSR count). The van der Waals surface area contributed by atoms with Crippen molar-refractivity contribution in [3.63, 3.8) is 0 Å². The molecule has 0 heterocycles. The number of hydrogen-bond acceptors (Lipinski definition) is 2. The van der Waals surface area contributed by atoms with Crippen LogP contribution in [0.5, 0.6) is 5.75 Å². The quantitative estimate of drug-likeness (QED) is 0.701. The monoisotopic (exact) mass is 214 g/mol. The molecule has 0 atom stereocenters. The van der Waals surface area contributed by atoms with E-state index in [1.807, 2.05) is 0 Å². The van der Waals surface area contributed by atoms with Crippen molar-refractivity contribution >= 4 is 0 Å². The van der Waals surface area contributed by atoms with E-state index in [0.717, 1.165) is 6.07 Å². The second kappa shape index (κ2) is 6.14. The predicted octanol–water partition coefficient (Wildman–Crippen LogP) is 2.55. The number of halogens is 2. The van der Waals surface area contributed by atoms with E-state index in [1.54, 1.807) is 19.3 Å². The molecule has 0 bridgehead atoms. The molecule has 0 unspecified atom stereocenters. The van der Waals surface area contributed by atoms with Crippen molar-refractivity contribution < 1.29 is 18.3 Å². The summed E-state index contributed by atoms with van der Waals surface area (Å²) in [6, 6.07) is 3.82. The summed E-state index contributed by atoms with van der Waals surface area (Å²) in [6.07, 6.45) is 3.41. The van der Waals surface area contributed by atoms with Crippen molar-refractivity contribution in [1.29, 1.82) is 0 Å². The fourth-order valence-electron chi connectivity index (χ4n) is 0.966. The van der Waals surface area contributed by atoms with Crippen molar-refractivity contribution in [2.45, 2.75) is 0 Å². The Hall–Kier alpha value is -1.42. The molecule has 0 aliphatic rings. The van der Waals surface area contributed by atoms with Crippen molar-refractivity contribution in [3.8, 4) is 5.75 Å². The Morgan fingerprint density at radius 1 is 1.20 bits per heavy atom. The van der Waals surface area contributed by atoms with Gasteiger partial charge in [-0.3, -0.25) is 0 Å². The molecule has 1 aromatic rings. The maximum Gasteiger partial charge on any atom is 0.200 e. The smallest absolute Gasteiger partial charge is 0.200 e. The minimum Gasteiger partial charge on any atom is -0.486 e. The van der Waals surface area contributed by atoms with Gasteiger partial charge in [-0.15, -0.1) is 0 Å². The van der Waals surface area contributed by atoms with Crippen LogP contribution >= 0.6 is 0 Å². The zero-order chi connectivity index (χ0) is 11.1. The molecule has 0 fully saturated rings. The number of rotatable bonds is 5. The first-order chi connectivity index (χ1) is 7.25. The van der Waals surface area contributed by atoms with Crippen LogP contribution in [0.4, 0.5) is 8.78 Å². The molecule has 1 aromatic carbocycles. The minimum atomic E-state index is -0.961. The average molecular weight is 214 g/mol. The van der Waals surface area contributed by atoms with E-state index >= 15 is 0 Å². The molecule has 0 spiro atoms. The van der Waals surface area contributed by atoms with Gasteiger partial charge in [0.2, 0.25) is 5.82 Å². The lowest BCUT2D eigenvalue weighted by Gasteiger charge is -2.04. The van der Waals surface area contributed by atoms with Crippen LogP contribution in [0.3, 0.4) is 0 Å². The van der Waals surface area contributed by atoms with Gasteiger partial charge in [0.25, 0.3) is 0 Å². The van der Waals surface area contributed by atoms with Crippen LogP contribution in [0.15, 0.2) is 30.4 Å². The van der Waals surface area contributed by atoms with Crippen molar-refractivity contribution in [2.24, 2.45) is 0 Å². The van der Waals surface area contributed by atoms with Gasteiger partial charge in [0.05, 0.1) is 6.61 Å². The van der Waals surface area contributed by atoms with Gasteiger partial charge in [-0.25, -0.2) is 4.39 Å². The fraction of sp³-hybridized carbons (Fsp3) is 0.273. The highest BCUT2D eigenvalue weighted by Crippen LogP contribution is 2.18. The topological polar surface area (TPSA) is 18.5 Å². The van der Waals surface area contributed by atoms with E-state index in [2.05, 4.69) is 0 Å². The van der Waals surface area contributed by atoms with E-state index in [0.29, 0.717) is 6.61 Å². The van der Waals surface area contributed by atoms with Gasteiger partial charge in [0.1, 0.15) is 6.61 Å². The third-order valence-corrected chi connectivity index (χ3v) is 1.68. The summed E-state index contributed by atoms with van der Waals surface area (Å²) in [5, 5.41) is 0. The second-order valence-corrected chi connectivity index (χ2v) is 2.79. The third kappa shape index (κ3) is 3.67. The molecule has 0 aromatic heterocycles. The van der Waals surface area contributed by atoms with E-state index in [1.165, 1.54) is 12.1 Å². The summed E-state index contributed by atoms with van der Waals surface area (Å²) in [6.45, 7) is 0.652. The zero-order valence-electron chi connectivity index (χ0n) is 8.37. The van der Waals surface area contributed by atoms with Crippen molar-refractivity contribution in [3.05, 3.63) is 42.0 Å². The highest BCUT2D eigenvalue weighted by atomic mass is 19.2. The molecule has 0 radical (unpaired) electrons. The summed E-state index contributed by atoms with van der Waals surface area (Å²) in [7, 11) is 1.57. The van der Waals surface area contributed by atoms with Gasteiger partial charge in [0, 0.05) is 7.11 Å². The molecule has 0 aliphatic carbocycles. The Labute approximate surface area is 87.1 Å². The third-order valence-electron chi connectivity index (χ3n) is 1.68. The van der Waals surface area contributed by atoms with Gasteiger partial charge < -0.3 is 9.47 Å². The average Bonchev–Trinajstić information content (AvgIpc) is 2.24. The van der Waals surface area contributed by atoms with E-state index in [9.17, 15) is 8.78 Å². The lowest BCUT2D eigenvalue weighted by atomic mass is 10.3. The lowest BCUT2D eigenvalue weighted by Crippen LogP contribution is -1.98. The molecule has 15 heavy (non-hydrogen) atoms. The largest absolute Gasteiger partial charge is 0.486 e. The summed E-state index contributed by atoms with van der Waals surface area (Å²) < 4.78 is 35.5. The Kier molecular flexibility index (Phi) is 4.77. The first-order valence-electron chi connectivity index (χ1n) is 4.46. The number of methoxy groups -OCH3 is 1. The van der Waals surface area contributed by atoms with Crippen LogP contribution < -0.4 is 4.74 Å². The molecule has 0 saturated carbocycles. The van der Waals surface area contributed by atoms with Crippen LogP contribution in [-0.4, -0.2) is 20.3 Å². The summed E-state index contributed by atoms with van der Waals surface area (Å²) >= 11 is 0. The van der Waals surface area contributed by atoms with Gasteiger partial charge >= 0.3 is 0 Å². The summed E-state index contributed by atoms with van der Waals surface area (Å²) in [5.74, 6) is -1.96. The Morgan fingerprint density at radius 2 is 1.93 bits per heavy atom. The molecule has 0 amide bonds. The van der Waals surface area contributed by atoms with Gasteiger partial charge in [0.15, 0.2) is 11.6 Å². The van der Waals surface area contributed by atoms with Crippen LogP contribution in [0.2, 0.25) is 0 Å². The van der Waals surface area contributed by atoms with E-state index in [4.69, 9.17) is 9.47 Å². The highest BCUT2D eigenvalue weighted by molar-refractivity contribution is 5.25. The van der Waals surface area contributed by atoms with Crippen LogP contribution in [0.1, 0.15) is 0 Å². The molecule has 2 nitrogen and oxygen atoms in total. The molecular formula is C11H12F2O2. The Balaban J connectivity index is 2.47. The van der Waals surface area contributed by atoms with E-state index < -0.39 is 11.6 Å². The molecule has 0 aliphatic heterocycles. The number of ether oxygens (including phenoxy) is 2. The van der Waals surface area contributed by atoms with E-state index in [-0.39, 0.29) is 12.4 Å². The minimum absolute atomic E-state index is 0.0860. The normalized spacial score (nSPS) is 10.9. The maximum atomic E-state index is 13.0. The van der Waals surface area contributed by atoms with Crippen LogP contribution in [-0.2, 0) is 4.74 Å². The standard InChI is InChI=1S/C11H12F2O2/c1-14-7-2-3-8-15-10-6-4-5-9(12)11(10)13/h2-6H,7-8H2,1H3. The highest BCUT2D eigenvalue weighted by Gasteiger charge is 2.07. The molecule has 0 saturated heterocycles. The van der Waals surface area contributed by atoms with Crippen LogP contribution in [0, 0.1) is 11.6 Å². The van der Waals surface area contributed by atoms with Gasteiger partial charge in [-0.05, 0) is 18.2 Å².